The molecule has 2 aromatic carbocycles. The Labute approximate surface area is 207 Å². The lowest BCUT2D eigenvalue weighted by molar-refractivity contribution is -0.173. The van der Waals surface area contributed by atoms with Gasteiger partial charge in [-0.2, -0.15) is 18.3 Å². The maximum Gasteiger partial charge on any atom is 0.410 e. The van der Waals surface area contributed by atoms with Gasteiger partial charge in [-0.1, -0.05) is 17.7 Å². The highest BCUT2D eigenvalue weighted by atomic mass is 35.5. The number of alkyl halides is 3. The van der Waals surface area contributed by atoms with Crippen molar-refractivity contribution in [3.63, 3.8) is 0 Å². The molecule has 6 rings (SSSR count). The molecule has 0 bridgehead atoms. The molecule has 4 heterocycles. The number of hydrogen-bond acceptors (Lipinski definition) is 5. The van der Waals surface area contributed by atoms with Gasteiger partial charge in [-0.05, 0) is 42.0 Å². The third kappa shape index (κ3) is 4.09. The molecular formula is C24H19ClF3N5O3. The molecule has 0 radical (unpaired) electrons. The highest BCUT2D eigenvalue weighted by molar-refractivity contribution is 6.31. The lowest BCUT2D eigenvalue weighted by Crippen LogP contribution is -2.35. The second kappa shape index (κ2) is 8.37. The van der Waals surface area contributed by atoms with Crippen molar-refractivity contribution >= 4 is 34.2 Å². The molecular weight excluding hydrogens is 499 g/mol. The van der Waals surface area contributed by atoms with Gasteiger partial charge in [0.15, 0.2) is 23.2 Å². The van der Waals surface area contributed by atoms with E-state index in [4.69, 9.17) is 21.1 Å². The van der Waals surface area contributed by atoms with Gasteiger partial charge in [-0.15, -0.1) is 0 Å². The van der Waals surface area contributed by atoms with E-state index < -0.39 is 24.2 Å². The average molecular weight is 518 g/mol. The van der Waals surface area contributed by atoms with Crippen molar-refractivity contribution in [2.24, 2.45) is 0 Å². The van der Waals surface area contributed by atoms with E-state index in [0.29, 0.717) is 22.1 Å². The fraction of sp³-hybridized carbons (Fsp3) is 0.250. The van der Waals surface area contributed by atoms with Gasteiger partial charge >= 0.3 is 6.18 Å². The van der Waals surface area contributed by atoms with Gasteiger partial charge in [0.25, 0.3) is 5.91 Å². The van der Waals surface area contributed by atoms with E-state index in [-0.39, 0.29) is 31.3 Å². The van der Waals surface area contributed by atoms with Crippen LogP contribution in [0.15, 0.2) is 48.5 Å². The number of aromatic amines is 1. The van der Waals surface area contributed by atoms with Crippen LogP contribution in [-0.4, -0.2) is 33.6 Å². The number of anilines is 1. The van der Waals surface area contributed by atoms with Crippen LogP contribution in [0.4, 0.5) is 19.0 Å². The van der Waals surface area contributed by atoms with Crippen molar-refractivity contribution < 1.29 is 27.4 Å². The minimum atomic E-state index is -4.56. The molecule has 0 saturated carbocycles. The number of fused-ring (bicyclic) bond motifs is 3. The summed E-state index contributed by atoms with van der Waals surface area (Å²) in [6.07, 6.45) is -4.85. The number of aromatic nitrogens is 3. The number of nitrogens with one attached hydrogen (secondary N) is 3. The first-order valence-corrected chi connectivity index (χ1v) is 11.5. The Morgan fingerprint density at radius 1 is 1.14 bits per heavy atom. The van der Waals surface area contributed by atoms with E-state index in [0.717, 1.165) is 21.3 Å². The number of hydrogen-bond donors (Lipinski definition) is 3. The van der Waals surface area contributed by atoms with Gasteiger partial charge in [0.2, 0.25) is 6.79 Å². The standard InChI is InChI=1S/C24H19ClF3N5O3/c25-14-2-3-16-13(5-14)6-15(30-16)10-29-23(34)18-9-22-31-17(8-21(24(26,27)28)33(22)32-18)12-1-4-19-20(7-12)36-11-35-19/h1-7,9,17,21,30-31H,8,10-11H2,(H,29,34)/t17-,21+/m0/s1. The predicted octanol–water partition coefficient (Wildman–Crippen LogP) is 5.34. The number of carbonyl (C=O) groups is 1. The molecule has 0 aliphatic carbocycles. The summed E-state index contributed by atoms with van der Waals surface area (Å²) in [5.74, 6) is 0.549. The number of H-pyrrole nitrogens is 1. The normalized spacial score (nSPS) is 18.7. The quantitative estimate of drug-likeness (QED) is 0.340. The Kier molecular flexibility index (Phi) is 5.25. The van der Waals surface area contributed by atoms with E-state index in [1.54, 1.807) is 30.3 Å². The molecule has 2 aromatic heterocycles. The van der Waals surface area contributed by atoms with Gasteiger partial charge in [-0.25, -0.2) is 4.68 Å². The summed E-state index contributed by atoms with van der Waals surface area (Å²) in [5.41, 5.74) is 2.08. The second-order valence-corrected chi connectivity index (χ2v) is 9.11. The van der Waals surface area contributed by atoms with Crippen LogP contribution in [0.1, 0.15) is 40.3 Å². The third-order valence-corrected chi connectivity index (χ3v) is 6.53. The first kappa shape index (κ1) is 22.6. The van der Waals surface area contributed by atoms with Crippen molar-refractivity contribution in [2.45, 2.75) is 31.2 Å². The predicted molar refractivity (Wildman–Crippen MR) is 125 cm³/mol. The summed E-state index contributed by atoms with van der Waals surface area (Å²) in [6, 6.07) is 11.0. The summed E-state index contributed by atoms with van der Waals surface area (Å²) >= 11 is 6.01. The Hall–Kier alpha value is -3.86. The number of rotatable bonds is 4. The van der Waals surface area contributed by atoms with E-state index in [1.807, 2.05) is 12.1 Å². The van der Waals surface area contributed by atoms with Crippen LogP contribution < -0.4 is 20.1 Å². The molecule has 0 fully saturated rings. The molecule has 3 N–H and O–H groups in total. The molecule has 2 atom stereocenters. The minimum absolute atomic E-state index is 0.0690. The smallest absolute Gasteiger partial charge is 0.410 e. The lowest BCUT2D eigenvalue weighted by atomic mass is 9.96. The van der Waals surface area contributed by atoms with Gasteiger partial charge in [0, 0.05) is 34.1 Å². The number of carbonyl (C=O) groups excluding carboxylic acids is 1. The SMILES string of the molecule is O=C(NCc1cc2cc(Cl)ccc2[nH]1)c1cc2n(n1)[C@@H](C(F)(F)F)C[C@@H](c1ccc3c(c1)OCO3)N2. The largest absolute Gasteiger partial charge is 0.454 e. The number of amides is 1. The van der Waals surface area contributed by atoms with Crippen LogP contribution in [0.3, 0.4) is 0 Å². The summed E-state index contributed by atoms with van der Waals surface area (Å²) in [5, 5.41) is 11.3. The number of ether oxygens (including phenoxy) is 2. The highest BCUT2D eigenvalue weighted by Crippen LogP contribution is 2.45. The topological polar surface area (TPSA) is 93.2 Å². The lowest BCUT2D eigenvalue weighted by Gasteiger charge is -2.33. The summed E-state index contributed by atoms with van der Waals surface area (Å²) in [6.45, 7) is 0.211. The number of halogens is 4. The fourth-order valence-electron chi connectivity index (χ4n) is 4.56. The van der Waals surface area contributed by atoms with Crippen molar-refractivity contribution in [3.8, 4) is 11.5 Å². The van der Waals surface area contributed by atoms with Crippen molar-refractivity contribution in [1.29, 1.82) is 0 Å². The van der Waals surface area contributed by atoms with E-state index >= 15 is 0 Å². The maximum absolute atomic E-state index is 14.0. The number of benzene rings is 2. The van der Waals surface area contributed by atoms with Gasteiger partial charge in [0.1, 0.15) is 5.82 Å². The average Bonchev–Trinajstić information content (AvgIpc) is 3.57. The zero-order valence-corrected chi connectivity index (χ0v) is 19.3. The first-order chi connectivity index (χ1) is 17.2. The Bertz CT molecular complexity index is 1480. The van der Waals surface area contributed by atoms with Gasteiger partial charge in [-0.3, -0.25) is 4.79 Å². The zero-order valence-electron chi connectivity index (χ0n) is 18.5. The van der Waals surface area contributed by atoms with Gasteiger partial charge in [0.05, 0.1) is 12.6 Å². The molecule has 12 heteroatoms. The van der Waals surface area contributed by atoms with Crippen molar-refractivity contribution in [1.82, 2.24) is 20.1 Å². The van der Waals surface area contributed by atoms with Gasteiger partial charge < -0.3 is 25.1 Å². The number of nitrogens with zero attached hydrogens (tertiary/aromatic N) is 2. The third-order valence-electron chi connectivity index (χ3n) is 6.30. The summed E-state index contributed by atoms with van der Waals surface area (Å²) in [7, 11) is 0. The van der Waals surface area contributed by atoms with Crippen LogP contribution in [0.2, 0.25) is 5.02 Å². The zero-order chi connectivity index (χ0) is 25.0. The Morgan fingerprint density at radius 2 is 1.97 bits per heavy atom. The minimum Gasteiger partial charge on any atom is -0.454 e. The molecule has 8 nitrogen and oxygen atoms in total. The molecule has 0 saturated heterocycles. The maximum atomic E-state index is 14.0. The summed E-state index contributed by atoms with van der Waals surface area (Å²) in [4.78, 5) is 15.9. The monoisotopic (exact) mass is 517 g/mol. The molecule has 4 aromatic rings. The van der Waals surface area contributed by atoms with E-state index in [1.165, 1.54) is 6.07 Å². The van der Waals surface area contributed by atoms with Crippen molar-refractivity contribution in [2.75, 3.05) is 12.1 Å². The molecule has 2 aliphatic rings. The van der Waals surface area contributed by atoms with E-state index in [2.05, 4.69) is 20.7 Å². The molecule has 36 heavy (non-hydrogen) atoms. The highest BCUT2D eigenvalue weighted by Gasteiger charge is 2.47. The van der Waals surface area contributed by atoms with Crippen LogP contribution >= 0.6 is 11.6 Å². The van der Waals surface area contributed by atoms with Crippen LogP contribution in [0.25, 0.3) is 10.9 Å². The fourth-order valence-corrected chi connectivity index (χ4v) is 4.74. The molecule has 0 unspecified atom stereocenters. The van der Waals surface area contributed by atoms with Crippen LogP contribution in [0, 0.1) is 0 Å². The van der Waals surface area contributed by atoms with Crippen LogP contribution in [-0.2, 0) is 6.54 Å². The van der Waals surface area contributed by atoms with Crippen LogP contribution in [0.5, 0.6) is 11.5 Å². The Morgan fingerprint density at radius 3 is 2.81 bits per heavy atom. The second-order valence-electron chi connectivity index (χ2n) is 8.67. The molecule has 186 valence electrons. The van der Waals surface area contributed by atoms with E-state index in [9.17, 15) is 18.0 Å². The summed E-state index contributed by atoms with van der Waals surface area (Å²) < 4.78 is 53.5. The molecule has 2 aliphatic heterocycles. The first-order valence-electron chi connectivity index (χ1n) is 11.1. The van der Waals surface area contributed by atoms with Crippen molar-refractivity contribution in [3.05, 3.63) is 70.5 Å². The molecule has 0 spiro atoms. The molecule has 1 amide bonds. The Balaban J connectivity index is 1.23.